The van der Waals surface area contributed by atoms with Crippen LogP contribution in [0.3, 0.4) is 0 Å². The van der Waals surface area contributed by atoms with E-state index in [0.29, 0.717) is 11.3 Å². The van der Waals surface area contributed by atoms with Crippen LogP contribution in [0.15, 0.2) is 24.3 Å². The molecule has 1 aromatic rings. The molecule has 0 heterocycles. The third kappa shape index (κ3) is 4.04. The van der Waals surface area contributed by atoms with Crippen LogP contribution in [0.25, 0.3) is 0 Å². The van der Waals surface area contributed by atoms with Crippen LogP contribution in [0.1, 0.15) is 33.3 Å². The SMILES string of the molecule is CC(C)C(C)(C)OOc1ccccc1CC(=O)O. The number of benzene rings is 1. The maximum absolute atomic E-state index is 10.7. The zero-order valence-corrected chi connectivity index (χ0v) is 11.3. The minimum Gasteiger partial charge on any atom is -0.481 e. The highest BCUT2D eigenvalue weighted by molar-refractivity contribution is 5.71. The first-order chi connectivity index (χ1) is 8.33. The van der Waals surface area contributed by atoms with Gasteiger partial charge in [-0.15, -0.1) is 0 Å². The average molecular weight is 252 g/mol. The zero-order valence-electron chi connectivity index (χ0n) is 11.3. The van der Waals surface area contributed by atoms with Crippen LogP contribution < -0.4 is 4.89 Å². The van der Waals surface area contributed by atoms with Gasteiger partial charge in [0.2, 0.25) is 0 Å². The molecule has 4 heteroatoms. The lowest BCUT2D eigenvalue weighted by Crippen LogP contribution is -2.32. The molecule has 0 bridgehead atoms. The Morgan fingerprint density at radius 2 is 1.94 bits per heavy atom. The van der Waals surface area contributed by atoms with Gasteiger partial charge in [-0.1, -0.05) is 32.0 Å². The predicted octanol–water partition coefficient (Wildman–Crippen LogP) is 3.06. The van der Waals surface area contributed by atoms with E-state index in [-0.39, 0.29) is 12.3 Å². The van der Waals surface area contributed by atoms with Crippen molar-refractivity contribution in [3.05, 3.63) is 29.8 Å². The number of hydrogen-bond donors (Lipinski definition) is 1. The monoisotopic (exact) mass is 252 g/mol. The van der Waals surface area contributed by atoms with Gasteiger partial charge in [0.05, 0.1) is 6.42 Å². The number of carbonyl (C=O) groups is 1. The first-order valence-electron chi connectivity index (χ1n) is 5.98. The summed E-state index contributed by atoms with van der Waals surface area (Å²) in [5, 5.41) is 8.81. The Morgan fingerprint density at radius 1 is 1.33 bits per heavy atom. The molecule has 0 saturated carbocycles. The number of carboxylic acid groups (broad SMARTS) is 1. The summed E-state index contributed by atoms with van der Waals surface area (Å²) < 4.78 is 0. The average Bonchev–Trinajstić information content (AvgIpc) is 2.27. The van der Waals surface area contributed by atoms with Gasteiger partial charge in [-0.2, -0.15) is 4.89 Å². The van der Waals surface area contributed by atoms with E-state index in [1.165, 1.54) is 0 Å². The lowest BCUT2D eigenvalue weighted by atomic mass is 9.95. The maximum atomic E-state index is 10.7. The quantitative estimate of drug-likeness (QED) is 0.624. The van der Waals surface area contributed by atoms with Crippen molar-refractivity contribution in [1.29, 1.82) is 0 Å². The summed E-state index contributed by atoms with van der Waals surface area (Å²) in [7, 11) is 0. The molecule has 0 radical (unpaired) electrons. The van der Waals surface area contributed by atoms with Gasteiger partial charge >= 0.3 is 5.97 Å². The van der Waals surface area contributed by atoms with E-state index >= 15 is 0 Å². The van der Waals surface area contributed by atoms with E-state index in [1.54, 1.807) is 24.3 Å². The first-order valence-corrected chi connectivity index (χ1v) is 5.98. The van der Waals surface area contributed by atoms with Crippen LogP contribution in [0.4, 0.5) is 0 Å². The molecule has 18 heavy (non-hydrogen) atoms. The molecule has 1 rings (SSSR count). The summed E-state index contributed by atoms with van der Waals surface area (Å²) >= 11 is 0. The molecule has 0 aliphatic carbocycles. The topological polar surface area (TPSA) is 55.8 Å². The number of rotatable bonds is 6. The van der Waals surface area contributed by atoms with Crippen molar-refractivity contribution in [2.75, 3.05) is 0 Å². The smallest absolute Gasteiger partial charge is 0.307 e. The second-order valence-electron chi connectivity index (χ2n) is 5.10. The summed E-state index contributed by atoms with van der Waals surface area (Å²) in [6.07, 6.45) is -0.0817. The Hall–Kier alpha value is -1.55. The van der Waals surface area contributed by atoms with Gasteiger partial charge < -0.3 is 9.99 Å². The second-order valence-corrected chi connectivity index (χ2v) is 5.10. The number of para-hydroxylation sites is 1. The van der Waals surface area contributed by atoms with Crippen molar-refractivity contribution in [1.82, 2.24) is 0 Å². The molecule has 100 valence electrons. The molecule has 0 atom stereocenters. The minimum atomic E-state index is -0.894. The van der Waals surface area contributed by atoms with Gasteiger partial charge in [-0.25, -0.2) is 0 Å². The second kappa shape index (κ2) is 5.87. The fourth-order valence-corrected chi connectivity index (χ4v) is 1.14. The van der Waals surface area contributed by atoms with E-state index in [0.717, 1.165) is 0 Å². The molecule has 0 spiro atoms. The Balaban J connectivity index is 2.76. The first kappa shape index (κ1) is 14.5. The molecular formula is C14H20O4. The summed E-state index contributed by atoms with van der Waals surface area (Å²) in [5.41, 5.74) is 0.167. The minimum absolute atomic E-state index is 0.0817. The summed E-state index contributed by atoms with van der Waals surface area (Å²) in [4.78, 5) is 21.4. The predicted molar refractivity (Wildman–Crippen MR) is 68.4 cm³/mol. The molecule has 0 fully saturated rings. The van der Waals surface area contributed by atoms with E-state index in [1.807, 2.05) is 27.7 Å². The molecule has 1 aromatic carbocycles. The van der Waals surface area contributed by atoms with Crippen molar-refractivity contribution in [3.8, 4) is 5.75 Å². The van der Waals surface area contributed by atoms with Gasteiger partial charge in [0, 0.05) is 5.56 Å². The fraction of sp³-hybridized carbons (Fsp3) is 0.500. The van der Waals surface area contributed by atoms with Crippen molar-refractivity contribution >= 4 is 5.97 Å². The van der Waals surface area contributed by atoms with E-state index in [4.69, 9.17) is 14.9 Å². The lowest BCUT2D eigenvalue weighted by molar-refractivity contribution is -0.293. The van der Waals surface area contributed by atoms with Gasteiger partial charge in [-0.3, -0.25) is 4.79 Å². The molecule has 0 saturated heterocycles. The van der Waals surface area contributed by atoms with Crippen molar-refractivity contribution in [2.24, 2.45) is 5.92 Å². The zero-order chi connectivity index (χ0) is 13.8. The number of aliphatic carboxylic acids is 1. The highest BCUT2D eigenvalue weighted by Gasteiger charge is 2.25. The molecule has 0 aromatic heterocycles. The highest BCUT2D eigenvalue weighted by Crippen LogP contribution is 2.25. The third-order valence-electron chi connectivity index (χ3n) is 3.05. The molecule has 0 aliphatic rings. The third-order valence-corrected chi connectivity index (χ3v) is 3.05. The van der Waals surface area contributed by atoms with Crippen LogP contribution in [0, 0.1) is 5.92 Å². The van der Waals surface area contributed by atoms with Gasteiger partial charge in [0.15, 0.2) is 5.75 Å². The van der Waals surface area contributed by atoms with Crippen LogP contribution in [-0.4, -0.2) is 16.7 Å². The molecule has 0 unspecified atom stereocenters. The van der Waals surface area contributed by atoms with E-state index in [2.05, 4.69) is 0 Å². The Bertz CT molecular complexity index is 410. The highest BCUT2D eigenvalue weighted by atomic mass is 17.2. The molecule has 0 aliphatic heterocycles. The van der Waals surface area contributed by atoms with Gasteiger partial charge in [0.1, 0.15) is 5.60 Å². The summed E-state index contributed by atoms with van der Waals surface area (Å²) in [6, 6.07) is 6.98. The maximum Gasteiger partial charge on any atom is 0.307 e. The van der Waals surface area contributed by atoms with Crippen LogP contribution in [0.5, 0.6) is 5.75 Å². The Kier molecular flexibility index (Phi) is 4.73. The van der Waals surface area contributed by atoms with E-state index in [9.17, 15) is 4.79 Å². The Morgan fingerprint density at radius 3 is 2.50 bits per heavy atom. The molecule has 1 N–H and O–H groups in total. The van der Waals surface area contributed by atoms with Crippen molar-refractivity contribution in [2.45, 2.75) is 39.7 Å². The van der Waals surface area contributed by atoms with Crippen LogP contribution >= 0.6 is 0 Å². The molecular weight excluding hydrogens is 232 g/mol. The fourth-order valence-electron chi connectivity index (χ4n) is 1.14. The summed E-state index contributed by atoms with van der Waals surface area (Å²) in [6.45, 7) is 7.92. The van der Waals surface area contributed by atoms with Crippen LogP contribution in [-0.2, 0) is 16.1 Å². The largest absolute Gasteiger partial charge is 0.481 e. The molecule has 0 amide bonds. The Labute approximate surface area is 107 Å². The standard InChI is InChI=1S/C14H20O4/c1-10(2)14(3,4)18-17-12-8-6-5-7-11(12)9-13(15)16/h5-8,10H,9H2,1-4H3,(H,15,16). The lowest BCUT2D eigenvalue weighted by Gasteiger charge is -2.27. The number of hydrogen-bond acceptors (Lipinski definition) is 3. The number of carboxylic acids is 1. The molecule has 4 nitrogen and oxygen atoms in total. The van der Waals surface area contributed by atoms with Gasteiger partial charge in [0.25, 0.3) is 0 Å². The summed E-state index contributed by atoms with van der Waals surface area (Å²) in [5.74, 6) is -0.160. The van der Waals surface area contributed by atoms with Crippen LogP contribution in [0.2, 0.25) is 0 Å². The van der Waals surface area contributed by atoms with Crippen molar-refractivity contribution in [3.63, 3.8) is 0 Å². The van der Waals surface area contributed by atoms with Gasteiger partial charge in [-0.05, 0) is 25.8 Å². The van der Waals surface area contributed by atoms with E-state index < -0.39 is 11.6 Å². The van der Waals surface area contributed by atoms with Crippen molar-refractivity contribution < 1.29 is 19.7 Å². The normalized spacial score (nSPS) is 11.6.